The van der Waals surface area contributed by atoms with Crippen molar-refractivity contribution < 1.29 is 19.0 Å². The molecular formula is C20H20N2O4S. The number of thiazole rings is 1. The van der Waals surface area contributed by atoms with E-state index in [9.17, 15) is 4.79 Å². The van der Waals surface area contributed by atoms with Crippen molar-refractivity contribution in [2.24, 2.45) is 0 Å². The van der Waals surface area contributed by atoms with E-state index in [0.29, 0.717) is 33.6 Å². The smallest absolute Gasteiger partial charge is 0.261 e. The van der Waals surface area contributed by atoms with Gasteiger partial charge in [0.25, 0.3) is 5.91 Å². The third kappa shape index (κ3) is 4.03. The quantitative estimate of drug-likeness (QED) is 0.682. The summed E-state index contributed by atoms with van der Waals surface area (Å²) in [7, 11) is 4.75. The Labute approximate surface area is 161 Å². The van der Waals surface area contributed by atoms with Gasteiger partial charge >= 0.3 is 0 Å². The van der Waals surface area contributed by atoms with Gasteiger partial charge in [-0.3, -0.25) is 10.1 Å². The summed E-state index contributed by atoms with van der Waals surface area (Å²) in [5.41, 5.74) is 2.93. The molecule has 0 atom stereocenters. The van der Waals surface area contributed by atoms with E-state index in [1.54, 1.807) is 26.4 Å². The summed E-state index contributed by atoms with van der Waals surface area (Å²) < 4.78 is 16.0. The molecule has 0 saturated heterocycles. The largest absolute Gasteiger partial charge is 0.497 e. The molecule has 7 heteroatoms. The number of ether oxygens (including phenoxy) is 3. The number of carbonyl (C=O) groups excluding carboxylic acids is 1. The van der Waals surface area contributed by atoms with E-state index in [-0.39, 0.29) is 5.91 Å². The van der Waals surface area contributed by atoms with E-state index in [1.165, 1.54) is 18.4 Å². The highest BCUT2D eigenvalue weighted by Gasteiger charge is 2.16. The van der Waals surface area contributed by atoms with E-state index in [2.05, 4.69) is 10.3 Å². The van der Waals surface area contributed by atoms with Crippen LogP contribution in [0.5, 0.6) is 17.2 Å². The van der Waals surface area contributed by atoms with Crippen molar-refractivity contribution in [2.75, 3.05) is 26.6 Å². The molecular weight excluding hydrogens is 364 g/mol. The fourth-order valence-corrected chi connectivity index (χ4v) is 3.34. The second-order valence-electron chi connectivity index (χ2n) is 5.76. The van der Waals surface area contributed by atoms with Gasteiger partial charge in [0.1, 0.15) is 17.2 Å². The lowest BCUT2D eigenvalue weighted by Gasteiger charge is -2.09. The number of nitrogens with one attached hydrogen (secondary N) is 1. The maximum Gasteiger partial charge on any atom is 0.261 e. The summed E-state index contributed by atoms with van der Waals surface area (Å²) in [6.07, 6.45) is 0. The standard InChI is InChI=1S/C20H20N2O4S/c1-12-5-7-18(26-4)15(9-12)19(23)22-20-21-16(11-27-20)14-10-13(24-2)6-8-17(14)25-3/h5-11H,1-4H3,(H,21,22,23). The molecule has 1 aromatic heterocycles. The minimum atomic E-state index is -0.269. The summed E-state index contributed by atoms with van der Waals surface area (Å²) in [4.78, 5) is 17.2. The molecule has 3 aromatic rings. The zero-order valence-electron chi connectivity index (χ0n) is 15.5. The molecule has 2 aromatic carbocycles. The molecule has 0 unspecified atom stereocenters. The van der Waals surface area contributed by atoms with Gasteiger partial charge in [0.15, 0.2) is 5.13 Å². The van der Waals surface area contributed by atoms with E-state index < -0.39 is 0 Å². The molecule has 0 fully saturated rings. The maximum absolute atomic E-state index is 12.6. The van der Waals surface area contributed by atoms with Crippen molar-refractivity contribution in [3.05, 3.63) is 52.9 Å². The Balaban J connectivity index is 1.87. The van der Waals surface area contributed by atoms with Crippen LogP contribution in [0.25, 0.3) is 11.3 Å². The van der Waals surface area contributed by atoms with Crippen molar-refractivity contribution in [3.8, 4) is 28.5 Å². The Morgan fingerprint density at radius 2 is 1.74 bits per heavy atom. The maximum atomic E-state index is 12.6. The molecule has 1 heterocycles. The summed E-state index contributed by atoms with van der Waals surface area (Å²) in [5.74, 6) is 1.63. The minimum Gasteiger partial charge on any atom is -0.497 e. The molecule has 1 amide bonds. The van der Waals surface area contributed by atoms with Gasteiger partial charge in [-0.15, -0.1) is 11.3 Å². The number of hydrogen-bond donors (Lipinski definition) is 1. The summed E-state index contributed by atoms with van der Waals surface area (Å²) in [6, 6.07) is 11.0. The minimum absolute atomic E-state index is 0.269. The SMILES string of the molecule is COc1ccc(OC)c(-c2csc(NC(=O)c3cc(C)ccc3OC)n2)c1. The van der Waals surface area contributed by atoms with Crippen LogP contribution in [0.1, 0.15) is 15.9 Å². The Morgan fingerprint density at radius 1 is 1.00 bits per heavy atom. The number of hydrogen-bond acceptors (Lipinski definition) is 6. The number of anilines is 1. The fourth-order valence-electron chi connectivity index (χ4n) is 2.63. The number of carbonyl (C=O) groups is 1. The number of rotatable bonds is 6. The predicted octanol–water partition coefficient (Wildman–Crippen LogP) is 4.40. The third-order valence-corrected chi connectivity index (χ3v) is 4.76. The number of benzene rings is 2. The lowest BCUT2D eigenvalue weighted by atomic mass is 10.1. The van der Waals surface area contributed by atoms with Gasteiger partial charge in [0.05, 0.1) is 32.6 Å². The molecule has 0 aliphatic carbocycles. The highest BCUT2D eigenvalue weighted by molar-refractivity contribution is 7.14. The van der Waals surface area contributed by atoms with Gasteiger partial charge in [-0.05, 0) is 37.3 Å². The molecule has 0 bridgehead atoms. The topological polar surface area (TPSA) is 69.7 Å². The normalized spacial score (nSPS) is 10.4. The number of nitrogens with zero attached hydrogens (tertiary/aromatic N) is 1. The van der Waals surface area contributed by atoms with Crippen LogP contribution in [0.15, 0.2) is 41.8 Å². The molecule has 0 radical (unpaired) electrons. The van der Waals surface area contributed by atoms with Crippen molar-refractivity contribution >= 4 is 22.4 Å². The van der Waals surface area contributed by atoms with E-state index >= 15 is 0 Å². The van der Waals surface area contributed by atoms with Crippen LogP contribution >= 0.6 is 11.3 Å². The molecule has 0 aliphatic rings. The second-order valence-corrected chi connectivity index (χ2v) is 6.62. The molecule has 0 aliphatic heterocycles. The lowest BCUT2D eigenvalue weighted by Crippen LogP contribution is -2.13. The van der Waals surface area contributed by atoms with Crippen LogP contribution in [0.3, 0.4) is 0 Å². The first-order chi connectivity index (χ1) is 13.0. The van der Waals surface area contributed by atoms with Gasteiger partial charge in [-0.2, -0.15) is 0 Å². The Kier molecular flexibility index (Phi) is 5.61. The van der Waals surface area contributed by atoms with Gasteiger partial charge in [-0.25, -0.2) is 4.98 Å². The lowest BCUT2D eigenvalue weighted by molar-refractivity contribution is 0.102. The molecule has 140 valence electrons. The van der Waals surface area contributed by atoms with Gasteiger partial charge in [0, 0.05) is 10.9 Å². The van der Waals surface area contributed by atoms with Crippen molar-refractivity contribution in [1.29, 1.82) is 0 Å². The van der Waals surface area contributed by atoms with E-state index in [0.717, 1.165) is 11.1 Å². The third-order valence-electron chi connectivity index (χ3n) is 4.01. The number of methoxy groups -OCH3 is 3. The summed E-state index contributed by atoms with van der Waals surface area (Å²) in [5, 5.41) is 5.18. The molecule has 0 spiro atoms. The van der Waals surface area contributed by atoms with Crippen molar-refractivity contribution in [3.63, 3.8) is 0 Å². The average molecular weight is 384 g/mol. The fraction of sp³-hybridized carbons (Fsp3) is 0.200. The first-order valence-corrected chi connectivity index (χ1v) is 9.07. The number of aromatic nitrogens is 1. The van der Waals surface area contributed by atoms with E-state index in [4.69, 9.17) is 14.2 Å². The average Bonchev–Trinajstić information content (AvgIpc) is 3.15. The first-order valence-electron chi connectivity index (χ1n) is 8.19. The van der Waals surface area contributed by atoms with Crippen LogP contribution in [-0.4, -0.2) is 32.2 Å². The second kappa shape index (κ2) is 8.09. The van der Waals surface area contributed by atoms with Crippen LogP contribution in [0.4, 0.5) is 5.13 Å². The van der Waals surface area contributed by atoms with Crippen LogP contribution in [-0.2, 0) is 0 Å². The Bertz CT molecular complexity index is 968. The van der Waals surface area contributed by atoms with Crippen molar-refractivity contribution in [2.45, 2.75) is 6.92 Å². The van der Waals surface area contributed by atoms with Crippen molar-refractivity contribution in [1.82, 2.24) is 4.98 Å². The zero-order chi connectivity index (χ0) is 19.4. The Hall–Kier alpha value is -3.06. The molecule has 6 nitrogen and oxygen atoms in total. The summed E-state index contributed by atoms with van der Waals surface area (Å²) >= 11 is 1.34. The highest BCUT2D eigenvalue weighted by Crippen LogP contribution is 2.35. The predicted molar refractivity (Wildman–Crippen MR) is 106 cm³/mol. The van der Waals surface area contributed by atoms with Gasteiger partial charge < -0.3 is 14.2 Å². The Morgan fingerprint density at radius 3 is 2.44 bits per heavy atom. The number of aryl methyl sites for hydroxylation is 1. The monoisotopic (exact) mass is 384 g/mol. The molecule has 0 saturated carbocycles. The first kappa shape index (κ1) is 18.7. The van der Waals surface area contributed by atoms with Crippen LogP contribution < -0.4 is 19.5 Å². The molecule has 3 rings (SSSR count). The van der Waals surface area contributed by atoms with Crippen LogP contribution in [0.2, 0.25) is 0 Å². The van der Waals surface area contributed by atoms with Gasteiger partial charge in [0.2, 0.25) is 0 Å². The van der Waals surface area contributed by atoms with Crippen LogP contribution in [0, 0.1) is 6.92 Å². The van der Waals surface area contributed by atoms with E-state index in [1.807, 2.05) is 36.6 Å². The molecule has 27 heavy (non-hydrogen) atoms. The summed E-state index contributed by atoms with van der Waals surface area (Å²) in [6.45, 7) is 1.92. The highest BCUT2D eigenvalue weighted by atomic mass is 32.1. The number of amides is 1. The zero-order valence-corrected chi connectivity index (χ0v) is 16.3. The molecule has 1 N–H and O–H groups in total. The van der Waals surface area contributed by atoms with Gasteiger partial charge in [-0.1, -0.05) is 11.6 Å².